The lowest BCUT2D eigenvalue weighted by atomic mass is 10.1. The van der Waals surface area contributed by atoms with Crippen LogP contribution in [0.4, 0.5) is 14.5 Å². The molecule has 0 aliphatic carbocycles. The minimum atomic E-state index is -2.43. The molecule has 0 amide bonds. The predicted molar refractivity (Wildman–Crippen MR) is 86.2 cm³/mol. The van der Waals surface area contributed by atoms with Crippen molar-refractivity contribution in [2.75, 3.05) is 31.1 Å². The van der Waals surface area contributed by atoms with Gasteiger partial charge in [-0.15, -0.1) is 0 Å². The molecule has 0 heterocycles. The van der Waals surface area contributed by atoms with Gasteiger partial charge in [0.25, 0.3) is 6.43 Å². The molecular weight excluding hydrogens is 342 g/mol. The summed E-state index contributed by atoms with van der Waals surface area (Å²) in [6.45, 7) is 4.77. The van der Waals surface area contributed by atoms with Crippen LogP contribution in [0.2, 0.25) is 0 Å². The Morgan fingerprint density at radius 2 is 2.10 bits per heavy atom. The molecule has 1 rings (SSSR count). The Morgan fingerprint density at radius 3 is 2.62 bits per heavy atom. The second-order valence-corrected chi connectivity index (χ2v) is 5.80. The van der Waals surface area contributed by atoms with Crippen LogP contribution in [-0.2, 0) is 0 Å². The van der Waals surface area contributed by atoms with Gasteiger partial charge >= 0.3 is 0 Å². The Kier molecular flexibility index (Phi) is 8.14. The maximum Gasteiger partial charge on any atom is 0.255 e. The second-order valence-electron chi connectivity index (χ2n) is 4.94. The summed E-state index contributed by atoms with van der Waals surface area (Å²) < 4.78 is 26.1. The number of halogens is 3. The molecule has 0 aliphatic rings. The topological polar surface area (TPSA) is 35.5 Å². The highest BCUT2D eigenvalue weighted by molar-refractivity contribution is 9.10. The number of benzene rings is 1. The minimum Gasteiger partial charge on any atom is -0.395 e. The normalized spacial score (nSPS) is 12.7. The van der Waals surface area contributed by atoms with Gasteiger partial charge in [0.15, 0.2) is 0 Å². The fourth-order valence-electron chi connectivity index (χ4n) is 2.15. The number of anilines is 1. The van der Waals surface area contributed by atoms with E-state index in [4.69, 9.17) is 5.11 Å². The molecule has 1 aromatic carbocycles. The number of alkyl halides is 2. The molecule has 1 aromatic rings. The summed E-state index contributed by atoms with van der Waals surface area (Å²) in [5.41, 5.74) is 1.77. The fourth-order valence-corrected chi connectivity index (χ4v) is 2.86. The molecule has 0 fully saturated rings. The van der Waals surface area contributed by atoms with Gasteiger partial charge in [-0.25, -0.2) is 8.78 Å². The number of hydrogen-bond donors (Lipinski definition) is 2. The smallest absolute Gasteiger partial charge is 0.255 e. The molecule has 0 aliphatic heterocycles. The molecule has 6 heteroatoms. The maximum atomic E-state index is 12.6. The molecule has 2 N–H and O–H groups in total. The van der Waals surface area contributed by atoms with Gasteiger partial charge in [-0.2, -0.15) is 0 Å². The van der Waals surface area contributed by atoms with Crippen LogP contribution < -0.4 is 10.2 Å². The first-order valence-corrected chi connectivity index (χ1v) is 7.95. The number of hydrogen-bond acceptors (Lipinski definition) is 3. The van der Waals surface area contributed by atoms with Gasteiger partial charge < -0.3 is 15.3 Å². The Labute approximate surface area is 133 Å². The summed E-state index contributed by atoms with van der Waals surface area (Å²) in [6, 6.07) is 5.78. The summed E-state index contributed by atoms with van der Waals surface area (Å²) >= 11 is 3.51. The molecule has 120 valence electrons. The Bertz CT molecular complexity index is 432. The number of rotatable bonds is 9. The second kappa shape index (κ2) is 9.33. The largest absolute Gasteiger partial charge is 0.395 e. The fraction of sp³-hybridized carbons (Fsp3) is 0.600. The average molecular weight is 365 g/mol. The van der Waals surface area contributed by atoms with Crippen LogP contribution in [0.15, 0.2) is 22.7 Å². The van der Waals surface area contributed by atoms with Gasteiger partial charge in [0.2, 0.25) is 0 Å². The van der Waals surface area contributed by atoms with Crippen molar-refractivity contribution in [3.05, 3.63) is 28.2 Å². The van der Waals surface area contributed by atoms with Gasteiger partial charge in [-0.1, -0.05) is 28.9 Å². The van der Waals surface area contributed by atoms with Crippen molar-refractivity contribution < 1.29 is 13.9 Å². The van der Waals surface area contributed by atoms with E-state index in [2.05, 4.69) is 35.1 Å². The van der Waals surface area contributed by atoms with E-state index < -0.39 is 6.43 Å². The molecule has 3 nitrogen and oxygen atoms in total. The number of aliphatic hydroxyl groups excluding tert-OH is 1. The highest BCUT2D eigenvalue weighted by Gasteiger charge is 2.15. The zero-order valence-corrected chi connectivity index (χ0v) is 14.0. The highest BCUT2D eigenvalue weighted by Crippen LogP contribution is 2.28. The van der Waals surface area contributed by atoms with Gasteiger partial charge in [0.05, 0.1) is 13.2 Å². The predicted octanol–water partition coefficient (Wildman–Crippen LogP) is 3.57. The van der Waals surface area contributed by atoms with Crippen LogP contribution >= 0.6 is 15.9 Å². The molecule has 0 saturated heterocycles. The summed E-state index contributed by atoms with van der Waals surface area (Å²) in [5, 5.41) is 12.4. The molecule has 1 unspecified atom stereocenters. The van der Waals surface area contributed by atoms with Gasteiger partial charge in [0, 0.05) is 22.7 Å². The molecule has 0 spiro atoms. The molecule has 0 aromatic heterocycles. The van der Waals surface area contributed by atoms with E-state index in [1.54, 1.807) is 0 Å². The molecule has 0 radical (unpaired) electrons. The SMILES string of the molecule is CCCNC(C)c1ccc(N(CCO)CC(F)F)cc1Br. The summed E-state index contributed by atoms with van der Waals surface area (Å²) in [4.78, 5) is 1.49. The van der Waals surface area contributed by atoms with Crippen LogP contribution in [0.25, 0.3) is 0 Å². The summed E-state index contributed by atoms with van der Waals surface area (Å²) in [7, 11) is 0. The molecule has 21 heavy (non-hydrogen) atoms. The zero-order valence-electron chi connectivity index (χ0n) is 12.5. The van der Waals surface area contributed by atoms with Crippen LogP contribution in [0.1, 0.15) is 31.9 Å². The van der Waals surface area contributed by atoms with Crippen LogP contribution in [0, 0.1) is 0 Å². The number of aliphatic hydroxyl groups is 1. The van der Waals surface area contributed by atoms with Crippen molar-refractivity contribution in [1.82, 2.24) is 5.32 Å². The van der Waals surface area contributed by atoms with Crippen LogP contribution in [0.3, 0.4) is 0 Å². The van der Waals surface area contributed by atoms with E-state index in [1.165, 1.54) is 4.90 Å². The zero-order chi connectivity index (χ0) is 15.8. The Balaban J connectivity index is 2.88. The third kappa shape index (κ3) is 5.88. The monoisotopic (exact) mass is 364 g/mol. The first-order chi connectivity index (χ1) is 9.99. The van der Waals surface area contributed by atoms with Crippen molar-refractivity contribution in [3.8, 4) is 0 Å². The number of nitrogens with one attached hydrogen (secondary N) is 1. The van der Waals surface area contributed by atoms with E-state index in [0.717, 1.165) is 23.0 Å². The number of nitrogens with zero attached hydrogens (tertiary/aromatic N) is 1. The lowest BCUT2D eigenvalue weighted by molar-refractivity contribution is 0.153. The lowest BCUT2D eigenvalue weighted by Crippen LogP contribution is -2.31. The molecule has 0 saturated carbocycles. The van der Waals surface area contributed by atoms with Gasteiger partial charge in [-0.05, 0) is 37.6 Å². The van der Waals surface area contributed by atoms with Crippen molar-refractivity contribution in [2.24, 2.45) is 0 Å². The molecule has 1 atom stereocenters. The Morgan fingerprint density at radius 1 is 1.38 bits per heavy atom. The van der Waals surface area contributed by atoms with Crippen LogP contribution in [-0.4, -0.2) is 37.8 Å². The van der Waals surface area contributed by atoms with Gasteiger partial charge in [0.1, 0.15) is 0 Å². The van der Waals surface area contributed by atoms with Crippen molar-refractivity contribution in [1.29, 1.82) is 0 Å². The first-order valence-electron chi connectivity index (χ1n) is 7.16. The van der Waals surface area contributed by atoms with E-state index in [-0.39, 0.29) is 25.7 Å². The maximum absolute atomic E-state index is 12.6. The minimum absolute atomic E-state index is 0.152. The average Bonchev–Trinajstić information content (AvgIpc) is 2.43. The first kappa shape index (κ1) is 18.3. The molecular formula is C15H23BrF2N2O. The summed E-state index contributed by atoms with van der Waals surface area (Å²) in [6.07, 6.45) is -1.38. The van der Waals surface area contributed by atoms with E-state index in [9.17, 15) is 8.78 Å². The molecule has 0 bridgehead atoms. The summed E-state index contributed by atoms with van der Waals surface area (Å²) in [5.74, 6) is 0. The van der Waals surface area contributed by atoms with Crippen LogP contribution in [0.5, 0.6) is 0 Å². The standard InChI is InChI=1S/C15H23BrF2N2O/c1-3-6-19-11(2)13-5-4-12(9-14(13)16)20(7-8-21)10-15(17)18/h4-5,9,11,15,19,21H,3,6-8,10H2,1-2H3. The third-order valence-electron chi connectivity index (χ3n) is 3.24. The van der Waals surface area contributed by atoms with E-state index >= 15 is 0 Å². The Hall–Kier alpha value is -0.720. The third-order valence-corrected chi connectivity index (χ3v) is 3.93. The quantitative estimate of drug-likeness (QED) is 0.702. The highest BCUT2D eigenvalue weighted by atomic mass is 79.9. The van der Waals surface area contributed by atoms with Gasteiger partial charge in [-0.3, -0.25) is 0 Å². The lowest BCUT2D eigenvalue weighted by Gasteiger charge is -2.25. The van der Waals surface area contributed by atoms with Crippen molar-refractivity contribution in [3.63, 3.8) is 0 Å². The van der Waals surface area contributed by atoms with E-state index in [0.29, 0.717) is 5.69 Å². The van der Waals surface area contributed by atoms with Crippen molar-refractivity contribution >= 4 is 21.6 Å². The van der Waals surface area contributed by atoms with E-state index in [1.807, 2.05) is 18.2 Å². The van der Waals surface area contributed by atoms with Crippen molar-refractivity contribution in [2.45, 2.75) is 32.7 Å².